The lowest BCUT2D eigenvalue weighted by atomic mass is 10.0. The Morgan fingerprint density at radius 1 is 1.21 bits per heavy atom. The maximum Gasteiger partial charge on any atom is 0.226 e. The number of hydrogen-bond donors (Lipinski definition) is 2. The van der Waals surface area contributed by atoms with E-state index >= 15 is 0 Å². The number of thiocarbonyl (C=S) groups is 1. The van der Waals surface area contributed by atoms with Crippen LogP contribution in [0.15, 0.2) is 71.5 Å². The fraction of sp³-hybridized carbons (Fsp3) is 0.190. The Morgan fingerprint density at radius 3 is 2.76 bits per heavy atom. The van der Waals surface area contributed by atoms with Crippen LogP contribution in [-0.4, -0.2) is 27.4 Å². The topological polar surface area (TPSA) is 70.4 Å². The standard InChI is InChI=1S/C21H19FN4O2S/c22-14-6-1-2-7-15(14)24-18(27)10-12-26-20(17-9-5-13-28-17)19(25-21(26)29)16-8-3-4-11-23-16/h1-9,11,13,19-20H,10,12H2,(H,24,27)(H,25,29)/t19-,20+/m1/s1. The summed E-state index contributed by atoms with van der Waals surface area (Å²) in [6.07, 6.45) is 3.47. The molecule has 1 aliphatic heterocycles. The largest absolute Gasteiger partial charge is 0.467 e. The van der Waals surface area contributed by atoms with Crippen LogP contribution in [0, 0.1) is 5.82 Å². The number of rotatable bonds is 6. The summed E-state index contributed by atoms with van der Waals surface area (Å²) < 4.78 is 19.4. The lowest BCUT2D eigenvalue weighted by molar-refractivity contribution is -0.116. The lowest BCUT2D eigenvalue weighted by Crippen LogP contribution is -2.32. The molecule has 0 spiro atoms. The Morgan fingerprint density at radius 2 is 2.03 bits per heavy atom. The molecule has 0 unspecified atom stereocenters. The normalized spacial score (nSPS) is 18.5. The van der Waals surface area contributed by atoms with Crippen LogP contribution in [-0.2, 0) is 4.79 Å². The number of halogens is 1. The first-order valence-electron chi connectivity index (χ1n) is 9.19. The van der Waals surface area contributed by atoms with Gasteiger partial charge in [0.2, 0.25) is 5.91 Å². The molecule has 2 aromatic heterocycles. The Kier molecular flexibility index (Phi) is 5.53. The van der Waals surface area contributed by atoms with Crippen LogP contribution < -0.4 is 10.6 Å². The minimum Gasteiger partial charge on any atom is -0.467 e. The molecule has 1 aliphatic rings. The fourth-order valence-corrected chi connectivity index (χ4v) is 3.74. The zero-order chi connectivity index (χ0) is 20.2. The molecule has 2 atom stereocenters. The first-order chi connectivity index (χ1) is 14.1. The van der Waals surface area contributed by atoms with Crippen molar-refractivity contribution >= 4 is 28.9 Å². The zero-order valence-electron chi connectivity index (χ0n) is 15.4. The number of para-hydroxylation sites is 1. The van der Waals surface area contributed by atoms with Crippen molar-refractivity contribution in [3.63, 3.8) is 0 Å². The molecule has 4 rings (SSSR count). The van der Waals surface area contributed by atoms with E-state index in [2.05, 4.69) is 15.6 Å². The van der Waals surface area contributed by atoms with E-state index in [-0.39, 0.29) is 30.1 Å². The van der Waals surface area contributed by atoms with Crippen molar-refractivity contribution < 1.29 is 13.6 Å². The highest BCUT2D eigenvalue weighted by Gasteiger charge is 2.41. The average molecular weight is 410 g/mol. The van der Waals surface area contributed by atoms with Crippen molar-refractivity contribution in [2.24, 2.45) is 0 Å². The van der Waals surface area contributed by atoms with E-state index in [1.165, 1.54) is 12.1 Å². The van der Waals surface area contributed by atoms with Gasteiger partial charge in [-0.05, 0) is 48.6 Å². The SMILES string of the molecule is O=C(CCN1C(=S)N[C@H](c2ccccn2)[C@@H]1c1ccco1)Nc1ccccc1F. The molecule has 0 aliphatic carbocycles. The van der Waals surface area contributed by atoms with E-state index < -0.39 is 5.82 Å². The lowest BCUT2D eigenvalue weighted by Gasteiger charge is -2.25. The van der Waals surface area contributed by atoms with Crippen LogP contribution in [0.3, 0.4) is 0 Å². The maximum absolute atomic E-state index is 13.8. The predicted molar refractivity (Wildman–Crippen MR) is 111 cm³/mol. The van der Waals surface area contributed by atoms with Crippen LogP contribution in [0.4, 0.5) is 10.1 Å². The number of benzene rings is 1. The van der Waals surface area contributed by atoms with Gasteiger partial charge >= 0.3 is 0 Å². The van der Waals surface area contributed by atoms with Crippen LogP contribution in [0.5, 0.6) is 0 Å². The van der Waals surface area contributed by atoms with Crippen molar-refractivity contribution in [1.82, 2.24) is 15.2 Å². The molecular weight excluding hydrogens is 391 g/mol. The molecule has 29 heavy (non-hydrogen) atoms. The van der Waals surface area contributed by atoms with Gasteiger partial charge in [0, 0.05) is 19.2 Å². The van der Waals surface area contributed by atoms with E-state index in [1.54, 1.807) is 24.6 Å². The van der Waals surface area contributed by atoms with Gasteiger partial charge in [-0.1, -0.05) is 18.2 Å². The molecule has 0 bridgehead atoms. The van der Waals surface area contributed by atoms with Gasteiger partial charge < -0.3 is 20.0 Å². The number of carbonyl (C=O) groups is 1. The first kappa shape index (κ1) is 19.1. The maximum atomic E-state index is 13.8. The Labute approximate surface area is 172 Å². The molecular formula is C21H19FN4O2S. The number of amides is 1. The summed E-state index contributed by atoms with van der Waals surface area (Å²) in [6, 6.07) is 15.0. The van der Waals surface area contributed by atoms with Crippen LogP contribution in [0.2, 0.25) is 0 Å². The summed E-state index contributed by atoms with van der Waals surface area (Å²) in [5, 5.41) is 6.40. The minimum atomic E-state index is -0.470. The first-order valence-corrected chi connectivity index (χ1v) is 9.60. The van der Waals surface area contributed by atoms with Crippen LogP contribution in [0.25, 0.3) is 0 Å². The zero-order valence-corrected chi connectivity index (χ0v) is 16.2. The molecule has 1 aromatic carbocycles. The number of pyridine rings is 1. The van der Waals surface area contributed by atoms with Crippen molar-refractivity contribution in [3.05, 3.63) is 84.3 Å². The molecule has 6 nitrogen and oxygen atoms in total. The molecule has 1 amide bonds. The fourth-order valence-electron chi connectivity index (χ4n) is 3.41. The van der Waals surface area contributed by atoms with E-state index in [1.807, 2.05) is 35.2 Å². The molecule has 148 valence electrons. The van der Waals surface area contributed by atoms with Crippen LogP contribution in [0.1, 0.15) is 30.0 Å². The van der Waals surface area contributed by atoms with Crippen molar-refractivity contribution in [2.45, 2.75) is 18.5 Å². The third kappa shape index (κ3) is 4.12. The number of carbonyl (C=O) groups excluding carboxylic acids is 1. The summed E-state index contributed by atoms with van der Waals surface area (Å²) in [5.41, 5.74) is 0.989. The van der Waals surface area contributed by atoms with Gasteiger partial charge in [-0.15, -0.1) is 0 Å². The third-order valence-electron chi connectivity index (χ3n) is 4.76. The summed E-state index contributed by atoms with van der Waals surface area (Å²) in [7, 11) is 0. The molecule has 3 aromatic rings. The van der Waals surface area contributed by atoms with E-state index in [0.717, 1.165) is 11.5 Å². The summed E-state index contributed by atoms with van der Waals surface area (Å²) in [6.45, 7) is 0.348. The predicted octanol–water partition coefficient (Wildman–Crippen LogP) is 3.82. The number of hydrogen-bond acceptors (Lipinski definition) is 4. The molecule has 1 fully saturated rings. The Hall–Kier alpha value is -3.26. The summed E-state index contributed by atoms with van der Waals surface area (Å²) >= 11 is 5.52. The molecule has 1 saturated heterocycles. The second kappa shape index (κ2) is 8.40. The Balaban J connectivity index is 1.50. The highest BCUT2D eigenvalue weighted by molar-refractivity contribution is 7.80. The van der Waals surface area contributed by atoms with Crippen molar-refractivity contribution in [2.75, 3.05) is 11.9 Å². The van der Waals surface area contributed by atoms with Gasteiger partial charge in [-0.3, -0.25) is 9.78 Å². The van der Waals surface area contributed by atoms with Crippen LogP contribution >= 0.6 is 12.2 Å². The summed E-state index contributed by atoms with van der Waals surface area (Å²) in [4.78, 5) is 18.7. The second-order valence-electron chi connectivity index (χ2n) is 6.61. The second-order valence-corrected chi connectivity index (χ2v) is 7.00. The van der Waals surface area contributed by atoms with Gasteiger partial charge in [0.25, 0.3) is 0 Å². The van der Waals surface area contributed by atoms with E-state index in [0.29, 0.717) is 11.7 Å². The number of anilines is 1. The monoisotopic (exact) mass is 410 g/mol. The Bertz CT molecular complexity index is 997. The van der Waals surface area contributed by atoms with Gasteiger partial charge in [0.15, 0.2) is 5.11 Å². The smallest absolute Gasteiger partial charge is 0.226 e. The van der Waals surface area contributed by atoms with E-state index in [4.69, 9.17) is 16.6 Å². The quantitative estimate of drug-likeness (QED) is 0.602. The number of aromatic nitrogens is 1. The molecule has 0 saturated carbocycles. The average Bonchev–Trinajstić information content (AvgIpc) is 3.36. The highest BCUT2D eigenvalue weighted by Crippen LogP contribution is 2.38. The number of nitrogens with one attached hydrogen (secondary N) is 2. The van der Waals surface area contributed by atoms with Crippen molar-refractivity contribution in [1.29, 1.82) is 0 Å². The van der Waals surface area contributed by atoms with Gasteiger partial charge in [0.05, 0.1) is 23.7 Å². The molecule has 3 heterocycles. The molecule has 0 radical (unpaired) electrons. The summed E-state index contributed by atoms with van der Waals surface area (Å²) in [5.74, 6) is -0.0391. The number of nitrogens with zero attached hydrogens (tertiary/aromatic N) is 2. The van der Waals surface area contributed by atoms with Gasteiger partial charge in [-0.25, -0.2) is 4.39 Å². The minimum absolute atomic E-state index is 0.141. The van der Waals surface area contributed by atoms with Gasteiger partial charge in [-0.2, -0.15) is 0 Å². The van der Waals surface area contributed by atoms with Gasteiger partial charge in [0.1, 0.15) is 17.6 Å². The highest BCUT2D eigenvalue weighted by atomic mass is 32.1. The molecule has 2 N–H and O–H groups in total. The third-order valence-corrected chi connectivity index (χ3v) is 5.11. The number of furan rings is 1. The van der Waals surface area contributed by atoms with Crippen molar-refractivity contribution in [3.8, 4) is 0 Å². The van der Waals surface area contributed by atoms with E-state index in [9.17, 15) is 9.18 Å². The molecule has 8 heteroatoms.